The topological polar surface area (TPSA) is 57.7 Å². The summed E-state index contributed by atoms with van der Waals surface area (Å²) in [4.78, 5) is 20.7. The first kappa shape index (κ1) is 17.2. The highest BCUT2D eigenvalue weighted by Gasteiger charge is 2.17. The summed E-state index contributed by atoms with van der Waals surface area (Å²) in [5.41, 5.74) is 1.75. The molecule has 0 radical (unpaired) electrons. The van der Waals surface area contributed by atoms with Crippen LogP contribution >= 0.6 is 0 Å². The van der Waals surface area contributed by atoms with Crippen molar-refractivity contribution in [3.63, 3.8) is 0 Å². The SMILES string of the molecule is CN1CCCN(C(=O)Nc2cccc(OCc3cccnc3)c2)CC1. The highest BCUT2D eigenvalue weighted by Crippen LogP contribution is 2.19. The summed E-state index contributed by atoms with van der Waals surface area (Å²) >= 11 is 0. The van der Waals surface area contributed by atoms with Crippen LogP contribution in [0.15, 0.2) is 48.8 Å². The maximum atomic E-state index is 12.5. The minimum Gasteiger partial charge on any atom is -0.489 e. The second-order valence-corrected chi connectivity index (χ2v) is 6.25. The number of rotatable bonds is 4. The Balaban J connectivity index is 1.56. The summed E-state index contributed by atoms with van der Waals surface area (Å²) in [6.45, 7) is 3.92. The molecule has 1 saturated heterocycles. The fourth-order valence-electron chi connectivity index (χ4n) is 2.77. The summed E-state index contributed by atoms with van der Waals surface area (Å²) in [7, 11) is 2.09. The maximum Gasteiger partial charge on any atom is 0.321 e. The monoisotopic (exact) mass is 340 g/mol. The van der Waals surface area contributed by atoms with Crippen molar-refractivity contribution in [1.82, 2.24) is 14.8 Å². The molecule has 1 aromatic carbocycles. The van der Waals surface area contributed by atoms with Gasteiger partial charge >= 0.3 is 6.03 Å². The van der Waals surface area contributed by atoms with Gasteiger partial charge in [-0.2, -0.15) is 0 Å². The number of amides is 2. The number of hydrogen-bond acceptors (Lipinski definition) is 4. The second-order valence-electron chi connectivity index (χ2n) is 6.25. The Kier molecular flexibility index (Phi) is 5.85. The molecule has 0 atom stereocenters. The molecule has 3 rings (SSSR count). The number of urea groups is 1. The molecule has 0 bridgehead atoms. The number of benzene rings is 1. The fraction of sp³-hybridized carbons (Fsp3) is 0.368. The normalized spacial score (nSPS) is 15.5. The van der Waals surface area contributed by atoms with Crippen molar-refractivity contribution in [1.29, 1.82) is 0 Å². The third kappa shape index (κ3) is 5.19. The molecule has 1 N–H and O–H groups in total. The number of hydrogen-bond donors (Lipinski definition) is 1. The van der Waals surface area contributed by atoms with E-state index in [0.717, 1.165) is 49.6 Å². The standard InChI is InChI=1S/C19H24N4O2/c1-22-9-4-10-23(12-11-22)19(24)21-17-6-2-7-18(13-17)25-15-16-5-3-8-20-14-16/h2-3,5-8,13-14H,4,9-12,15H2,1H3,(H,21,24). The van der Waals surface area contributed by atoms with E-state index in [1.54, 1.807) is 12.4 Å². The zero-order valence-corrected chi connectivity index (χ0v) is 14.5. The predicted octanol–water partition coefficient (Wildman–Crippen LogP) is 2.83. The summed E-state index contributed by atoms with van der Waals surface area (Å²) in [6.07, 6.45) is 4.51. The summed E-state index contributed by atoms with van der Waals surface area (Å²) in [5.74, 6) is 0.720. The van der Waals surface area contributed by atoms with Gasteiger partial charge in [0.25, 0.3) is 0 Å². The smallest absolute Gasteiger partial charge is 0.321 e. The summed E-state index contributed by atoms with van der Waals surface area (Å²) < 4.78 is 5.78. The van der Waals surface area contributed by atoms with E-state index in [2.05, 4.69) is 22.2 Å². The van der Waals surface area contributed by atoms with E-state index in [0.29, 0.717) is 6.61 Å². The third-order valence-electron chi connectivity index (χ3n) is 4.22. The average molecular weight is 340 g/mol. The van der Waals surface area contributed by atoms with Crippen LogP contribution in [-0.2, 0) is 6.61 Å². The molecule has 1 fully saturated rings. The number of likely N-dealkylation sites (N-methyl/N-ethyl adjacent to an activating group) is 1. The molecule has 1 aliphatic rings. The molecule has 2 amide bonds. The number of carbonyl (C=O) groups is 1. The third-order valence-corrected chi connectivity index (χ3v) is 4.22. The minimum absolute atomic E-state index is 0.0558. The minimum atomic E-state index is -0.0558. The molecule has 132 valence electrons. The first-order valence-corrected chi connectivity index (χ1v) is 8.57. The van der Waals surface area contributed by atoms with Gasteiger partial charge in [-0.05, 0) is 38.2 Å². The molecule has 2 heterocycles. The number of anilines is 1. The van der Waals surface area contributed by atoms with Crippen LogP contribution in [0.25, 0.3) is 0 Å². The number of pyridine rings is 1. The van der Waals surface area contributed by atoms with Crippen molar-refractivity contribution in [2.24, 2.45) is 0 Å². The van der Waals surface area contributed by atoms with Gasteiger partial charge in [0, 0.05) is 49.3 Å². The molecule has 2 aromatic rings. The predicted molar refractivity (Wildman–Crippen MR) is 97.7 cm³/mol. The van der Waals surface area contributed by atoms with Crippen molar-refractivity contribution in [3.05, 3.63) is 54.4 Å². The lowest BCUT2D eigenvalue weighted by Gasteiger charge is -2.21. The molecule has 1 aliphatic heterocycles. The Bertz CT molecular complexity index is 693. The Morgan fingerprint density at radius 2 is 2.12 bits per heavy atom. The van der Waals surface area contributed by atoms with Crippen LogP contribution in [0.5, 0.6) is 5.75 Å². The van der Waals surface area contributed by atoms with Crippen molar-refractivity contribution in [2.45, 2.75) is 13.0 Å². The van der Waals surface area contributed by atoms with Crippen molar-refractivity contribution in [3.8, 4) is 5.75 Å². The van der Waals surface area contributed by atoms with Gasteiger partial charge in [-0.1, -0.05) is 12.1 Å². The molecule has 0 unspecified atom stereocenters. The van der Waals surface area contributed by atoms with Gasteiger partial charge in [-0.25, -0.2) is 4.79 Å². The van der Waals surface area contributed by atoms with Crippen LogP contribution in [0.4, 0.5) is 10.5 Å². The summed E-state index contributed by atoms with van der Waals surface area (Å²) in [6, 6.07) is 11.3. The summed E-state index contributed by atoms with van der Waals surface area (Å²) in [5, 5.41) is 2.97. The van der Waals surface area contributed by atoms with E-state index >= 15 is 0 Å². The molecule has 0 saturated carbocycles. The largest absolute Gasteiger partial charge is 0.489 e. The lowest BCUT2D eigenvalue weighted by Crippen LogP contribution is -2.37. The number of carbonyl (C=O) groups excluding carboxylic acids is 1. The van der Waals surface area contributed by atoms with E-state index in [-0.39, 0.29) is 6.03 Å². The first-order valence-electron chi connectivity index (χ1n) is 8.57. The van der Waals surface area contributed by atoms with Gasteiger partial charge in [0.05, 0.1) is 0 Å². The second kappa shape index (κ2) is 8.48. The molecule has 6 nitrogen and oxygen atoms in total. The number of nitrogens with zero attached hydrogens (tertiary/aromatic N) is 3. The van der Waals surface area contributed by atoms with Gasteiger partial charge in [-0.15, -0.1) is 0 Å². The van der Waals surface area contributed by atoms with Crippen LogP contribution in [0.1, 0.15) is 12.0 Å². The zero-order chi connectivity index (χ0) is 17.5. The van der Waals surface area contributed by atoms with E-state index in [4.69, 9.17) is 4.74 Å². The molecular formula is C19H24N4O2. The quantitative estimate of drug-likeness (QED) is 0.930. The van der Waals surface area contributed by atoms with E-state index in [1.165, 1.54) is 0 Å². The van der Waals surface area contributed by atoms with Crippen LogP contribution in [0, 0.1) is 0 Å². The number of aromatic nitrogens is 1. The molecule has 6 heteroatoms. The van der Waals surface area contributed by atoms with Gasteiger partial charge in [0.1, 0.15) is 12.4 Å². The molecule has 0 aliphatic carbocycles. The van der Waals surface area contributed by atoms with Crippen molar-refractivity contribution in [2.75, 3.05) is 38.5 Å². The molecular weight excluding hydrogens is 316 g/mol. The van der Waals surface area contributed by atoms with E-state index in [9.17, 15) is 4.79 Å². The lowest BCUT2D eigenvalue weighted by atomic mass is 10.3. The van der Waals surface area contributed by atoms with Gasteiger partial charge in [0.15, 0.2) is 0 Å². The van der Waals surface area contributed by atoms with Gasteiger partial charge in [0.2, 0.25) is 0 Å². The van der Waals surface area contributed by atoms with E-state index < -0.39 is 0 Å². The van der Waals surface area contributed by atoms with Crippen molar-refractivity contribution < 1.29 is 9.53 Å². The van der Waals surface area contributed by atoms with Gasteiger partial charge < -0.3 is 19.9 Å². The highest BCUT2D eigenvalue weighted by molar-refractivity contribution is 5.89. The maximum absolute atomic E-state index is 12.5. The Morgan fingerprint density at radius 3 is 2.96 bits per heavy atom. The Labute approximate surface area is 148 Å². The van der Waals surface area contributed by atoms with Crippen molar-refractivity contribution >= 4 is 11.7 Å². The molecule has 25 heavy (non-hydrogen) atoms. The van der Waals surface area contributed by atoms with Crippen LogP contribution in [0.2, 0.25) is 0 Å². The highest BCUT2D eigenvalue weighted by atomic mass is 16.5. The molecule has 1 aromatic heterocycles. The average Bonchev–Trinajstić information content (AvgIpc) is 2.86. The molecule has 0 spiro atoms. The van der Waals surface area contributed by atoms with Gasteiger partial charge in [-0.3, -0.25) is 4.98 Å². The fourth-order valence-corrected chi connectivity index (χ4v) is 2.77. The first-order chi connectivity index (χ1) is 12.2. The van der Waals surface area contributed by atoms with E-state index in [1.807, 2.05) is 41.3 Å². The van der Waals surface area contributed by atoms with Crippen LogP contribution in [0.3, 0.4) is 0 Å². The Morgan fingerprint density at radius 1 is 1.20 bits per heavy atom. The lowest BCUT2D eigenvalue weighted by molar-refractivity contribution is 0.213. The zero-order valence-electron chi connectivity index (χ0n) is 14.5. The Hall–Kier alpha value is -2.60. The number of nitrogens with one attached hydrogen (secondary N) is 1. The van der Waals surface area contributed by atoms with Crippen LogP contribution in [-0.4, -0.2) is 54.0 Å². The number of ether oxygens (including phenoxy) is 1. The van der Waals surface area contributed by atoms with Crippen LogP contribution < -0.4 is 10.1 Å².